The number of benzene rings is 2. The summed E-state index contributed by atoms with van der Waals surface area (Å²) in [6.45, 7) is 1.03. The standard InChI is InChI=1S/C22H22ClN3O2/c1-26(2)14-22(9-10-28-20-8-7-16(23)11-18(20)22)21(27)25-19-13-24-12-15-5-3-4-6-17(15)19/h3-8,11-13H,9-10,14H2,1-2H3,(H,25,27). The number of likely N-dealkylation sites (N-methyl/N-ethyl adjacent to an activating group) is 1. The highest BCUT2D eigenvalue weighted by Crippen LogP contribution is 2.42. The Hall–Kier alpha value is -2.63. The maximum Gasteiger partial charge on any atom is 0.236 e. The monoisotopic (exact) mass is 395 g/mol. The highest BCUT2D eigenvalue weighted by molar-refractivity contribution is 6.30. The van der Waals surface area contributed by atoms with E-state index in [4.69, 9.17) is 16.3 Å². The quantitative estimate of drug-likeness (QED) is 0.722. The molecule has 1 amide bonds. The van der Waals surface area contributed by atoms with Crippen molar-refractivity contribution in [2.75, 3.05) is 32.6 Å². The van der Waals surface area contributed by atoms with Gasteiger partial charge >= 0.3 is 0 Å². The van der Waals surface area contributed by atoms with E-state index in [1.807, 2.05) is 55.4 Å². The third-order valence-electron chi connectivity index (χ3n) is 5.18. The Balaban J connectivity index is 1.79. The number of carbonyl (C=O) groups excluding carboxylic acids is 1. The number of nitrogens with zero attached hydrogens (tertiary/aromatic N) is 2. The van der Waals surface area contributed by atoms with Crippen molar-refractivity contribution in [1.29, 1.82) is 0 Å². The number of hydrogen-bond acceptors (Lipinski definition) is 4. The van der Waals surface area contributed by atoms with Gasteiger partial charge in [-0.25, -0.2) is 0 Å². The maximum atomic E-state index is 13.7. The highest BCUT2D eigenvalue weighted by Gasteiger charge is 2.45. The average molecular weight is 396 g/mol. The van der Waals surface area contributed by atoms with Crippen LogP contribution >= 0.6 is 11.6 Å². The summed E-state index contributed by atoms with van der Waals surface area (Å²) in [4.78, 5) is 20.0. The van der Waals surface area contributed by atoms with Crippen molar-refractivity contribution in [3.8, 4) is 5.75 Å². The summed E-state index contributed by atoms with van der Waals surface area (Å²) < 4.78 is 5.82. The van der Waals surface area contributed by atoms with Crippen molar-refractivity contribution in [1.82, 2.24) is 9.88 Å². The average Bonchev–Trinajstić information content (AvgIpc) is 2.68. The first-order chi connectivity index (χ1) is 13.5. The Kier molecular flexibility index (Phi) is 4.96. The molecule has 0 radical (unpaired) electrons. The van der Waals surface area contributed by atoms with Crippen LogP contribution in [0, 0.1) is 0 Å². The molecule has 1 N–H and O–H groups in total. The molecule has 144 valence electrons. The lowest BCUT2D eigenvalue weighted by Gasteiger charge is -2.39. The molecule has 6 heteroatoms. The Labute approximate surface area is 169 Å². The topological polar surface area (TPSA) is 54.5 Å². The van der Waals surface area contributed by atoms with Crippen molar-refractivity contribution in [2.24, 2.45) is 0 Å². The Morgan fingerprint density at radius 3 is 2.89 bits per heavy atom. The normalized spacial score (nSPS) is 18.6. The molecule has 0 saturated carbocycles. The van der Waals surface area contributed by atoms with Gasteiger partial charge in [-0.15, -0.1) is 0 Å². The van der Waals surface area contributed by atoms with Crippen molar-refractivity contribution < 1.29 is 9.53 Å². The van der Waals surface area contributed by atoms with Crippen molar-refractivity contribution in [3.63, 3.8) is 0 Å². The van der Waals surface area contributed by atoms with Crippen LogP contribution in [-0.4, -0.2) is 43.0 Å². The first-order valence-electron chi connectivity index (χ1n) is 9.21. The Bertz CT molecular complexity index is 1030. The number of amides is 1. The van der Waals surface area contributed by atoms with Gasteiger partial charge in [-0.1, -0.05) is 35.9 Å². The van der Waals surface area contributed by atoms with Gasteiger partial charge in [-0.2, -0.15) is 0 Å². The molecule has 0 aliphatic carbocycles. The largest absolute Gasteiger partial charge is 0.493 e. The number of halogens is 1. The lowest BCUT2D eigenvalue weighted by molar-refractivity contribution is -0.123. The number of nitrogens with one attached hydrogen (secondary N) is 1. The molecule has 2 heterocycles. The zero-order chi connectivity index (χ0) is 19.7. The van der Waals surface area contributed by atoms with Crippen LogP contribution in [0.4, 0.5) is 5.69 Å². The molecule has 28 heavy (non-hydrogen) atoms. The zero-order valence-electron chi connectivity index (χ0n) is 15.9. The second-order valence-electron chi connectivity index (χ2n) is 7.42. The zero-order valence-corrected chi connectivity index (χ0v) is 16.7. The Morgan fingerprint density at radius 1 is 1.25 bits per heavy atom. The van der Waals surface area contributed by atoms with Crippen LogP contribution in [0.25, 0.3) is 10.8 Å². The lowest BCUT2D eigenvalue weighted by atomic mass is 9.74. The molecule has 1 atom stereocenters. The number of carbonyl (C=O) groups is 1. The molecule has 1 aliphatic heterocycles. The van der Waals surface area contributed by atoms with Gasteiger partial charge < -0.3 is 15.0 Å². The van der Waals surface area contributed by atoms with E-state index in [1.165, 1.54) is 0 Å². The third kappa shape index (κ3) is 3.32. The summed E-state index contributed by atoms with van der Waals surface area (Å²) in [5.41, 5.74) is 0.765. The minimum atomic E-state index is -0.765. The van der Waals surface area contributed by atoms with Crippen molar-refractivity contribution in [3.05, 3.63) is 65.4 Å². The smallest absolute Gasteiger partial charge is 0.236 e. The van der Waals surface area contributed by atoms with Gasteiger partial charge in [0.15, 0.2) is 0 Å². The van der Waals surface area contributed by atoms with E-state index in [-0.39, 0.29) is 5.91 Å². The summed E-state index contributed by atoms with van der Waals surface area (Å²) in [6, 6.07) is 13.4. The minimum absolute atomic E-state index is 0.0776. The molecular formula is C22H22ClN3O2. The summed E-state index contributed by atoms with van der Waals surface area (Å²) in [6.07, 6.45) is 4.06. The predicted octanol–water partition coefficient (Wildman–Crippen LogP) is 4.11. The molecule has 3 aromatic rings. The fourth-order valence-corrected chi connectivity index (χ4v) is 4.11. The van der Waals surface area contributed by atoms with E-state index in [9.17, 15) is 4.79 Å². The van der Waals surface area contributed by atoms with Crippen LogP contribution in [0.5, 0.6) is 5.75 Å². The molecule has 1 unspecified atom stereocenters. The molecule has 0 spiro atoms. The van der Waals surface area contributed by atoms with Gasteiger partial charge in [0.05, 0.1) is 23.9 Å². The fraction of sp³-hybridized carbons (Fsp3) is 0.273. The first-order valence-corrected chi connectivity index (χ1v) is 9.59. The molecule has 0 bridgehead atoms. The minimum Gasteiger partial charge on any atom is -0.493 e. The highest BCUT2D eigenvalue weighted by atomic mass is 35.5. The van der Waals surface area contributed by atoms with E-state index in [0.717, 1.165) is 16.3 Å². The van der Waals surface area contributed by atoms with E-state index in [2.05, 4.69) is 10.3 Å². The summed E-state index contributed by atoms with van der Waals surface area (Å²) >= 11 is 6.27. The van der Waals surface area contributed by atoms with Gasteiger partial charge in [-0.3, -0.25) is 9.78 Å². The predicted molar refractivity (Wildman–Crippen MR) is 112 cm³/mol. The number of fused-ring (bicyclic) bond motifs is 2. The van der Waals surface area contributed by atoms with Crippen LogP contribution < -0.4 is 10.1 Å². The van der Waals surface area contributed by atoms with Crippen LogP contribution in [0.1, 0.15) is 12.0 Å². The van der Waals surface area contributed by atoms with E-state index in [1.54, 1.807) is 18.5 Å². The molecule has 4 rings (SSSR count). The number of ether oxygens (including phenoxy) is 1. The fourth-order valence-electron chi connectivity index (χ4n) is 3.94. The summed E-state index contributed by atoms with van der Waals surface area (Å²) in [7, 11) is 3.93. The number of aromatic nitrogens is 1. The molecule has 0 saturated heterocycles. The lowest BCUT2D eigenvalue weighted by Crippen LogP contribution is -2.50. The van der Waals surface area contributed by atoms with Gasteiger partial charge in [0.25, 0.3) is 0 Å². The Morgan fingerprint density at radius 2 is 2.07 bits per heavy atom. The maximum absolute atomic E-state index is 13.7. The molecule has 1 aromatic heterocycles. The van der Waals surface area contributed by atoms with Crippen LogP contribution in [0.15, 0.2) is 54.9 Å². The number of anilines is 1. The molecule has 2 aromatic carbocycles. The first kappa shape index (κ1) is 18.7. The van der Waals surface area contributed by atoms with E-state index in [0.29, 0.717) is 36.0 Å². The third-order valence-corrected chi connectivity index (χ3v) is 5.42. The second kappa shape index (κ2) is 7.41. The van der Waals surface area contributed by atoms with E-state index < -0.39 is 5.41 Å². The van der Waals surface area contributed by atoms with Gasteiger partial charge in [-0.05, 0) is 32.3 Å². The summed E-state index contributed by atoms with van der Waals surface area (Å²) in [5.74, 6) is 0.634. The molecular weight excluding hydrogens is 374 g/mol. The van der Waals surface area contributed by atoms with Crippen LogP contribution in [-0.2, 0) is 10.2 Å². The number of rotatable bonds is 4. The van der Waals surface area contributed by atoms with Gasteiger partial charge in [0.2, 0.25) is 5.91 Å². The second-order valence-corrected chi connectivity index (χ2v) is 7.86. The van der Waals surface area contributed by atoms with Gasteiger partial charge in [0, 0.05) is 40.5 Å². The van der Waals surface area contributed by atoms with Gasteiger partial charge in [0.1, 0.15) is 5.75 Å². The SMILES string of the molecule is CN(C)CC1(C(=O)Nc2cncc3ccccc23)CCOc2ccc(Cl)cc21. The number of hydrogen-bond donors (Lipinski definition) is 1. The molecule has 5 nitrogen and oxygen atoms in total. The van der Waals surface area contributed by atoms with E-state index >= 15 is 0 Å². The number of pyridine rings is 1. The molecule has 0 fully saturated rings. The van der Waals surface area contributed by atoms with Crippen molar-refractivity contribution >= 4 is 34.0 Å². The summed E-state index contributed by atoms with van der Waals surface area (Å²) in [5, 5.41) is 5.67. The van der Waals surface area contributed by atoms with Crippen LogP contribution in [0.2, 0.25) is 5.02 Å². The van der Waals surface area contributed by atoms with Crippen molar-refractivity contribution in [2.45, 2.75) is 11.8 Å². The van der Waals surface area contributed by atoms with Crippen LogP contribution in [0.3, 0.4) is 0 Å². The molecule has 1 aliphatic rings.